The highest BCUT2D eigenvalue weighted by atomic mass is 35.5. The molecule has 2 heterocycles. The third-order valence-corrected chi connectivity index (χ3v) is 6.21. The summed E-state index contributed by atoms with van der Waals surface area (Å²) in [7, 11) is 2.40. The predicted octanol–water partition coefficient (Wildman–Crippen LogP) is 2.78. The molecular weight excluding hydrogens is 427 g/mol. The summed E-state index contributed by atoms with van der Waals surface area (Å²) < 4.78 is 9.83. The van der Waals surface area contributed by atoms with Crippen molar-refractivity contribution < 1.29 is 23.9 Å². The molecule has 28 heavy (non-hydrogen) atoms. The molecule has 10 heteroatoms. The third kappa shape index (κ3) is 3.15. The van der Waals surface area contributed by atoms with Gasteiger partial charge >= 0.3 is 11.9 Å². The van der Waals surface area contributed by atoms with Gasteiger partial charge in [0.25, 0.3) is 0 Å². The molecule has 0 spiro atoms. The van der Waals surface area contributed by atoms with E-state index in [1.807, 2.05) is 0 Å². The Kier molecular flexibility index (Phi) is 5.65. The molecule has 148 valence electrons. The van der Waals surface area contributed by atoms with Crippen LogP contribution in [0.5, 0.6) is 0 Å². The van der Waals surface area contributed by atoms with Gasteiger partial charge in [0.15, 0.2) is 0 Å². The van der Waals surface area contributed by atoms with Gasteiger partial charge in [-0.25, -0.2) is 9.59 Å². The lowest BCUT2D eigenvalue weighted by Gasteiger charge is -2.33. The Labute approximate surface area is 175 Å². The highest BCUT2D eigenvalue weighted by Gasteiger charge is 2.49. The molecule has 1 aromatic rings. The van der Waals surface area contributed by atoms with E-state index in [1.165, 1.54) is 20.3 Å². The van der Waals surface area contributed by atoms with Gasteiger partial charge in [-0.15, -0.1) is 0 Å². The zero-order valence-electron chi connectivity index (χ0n) is 15.1. The molecule has 2 atom stereocenters. The van der Waals surface area contributed by atoms with Gasteiger partial charge < -0.3 is 15.2 Å². The van der Waals surface area contributed by atoms with E-state index in [4.69, 9.17) is 38.4 Å². The number of ether oxygens (including phenoxy) is 2. The number of benzene rings is 1. The first kappa shape index (κ1) is 20.6. The van der Waals surface area contributed by atoms with E-state index in [2.05, 4.69) is 0 Å². The van der Waals surface area contributed by atoms with Crippen LogP contribution in [0, 0.1) is 0 Å². The van der Waals surface area contributed by atoms with Gasteiger partial charge in [-0.1, -0.05) is 41.0 Å². The second-order valence-electron chi connectivity index (χ2n) is 6.03. The summed E-state index contributed by atoms with van der Waals surface area (Å²) in [5.74, 6) is -2.93. The number of hydrogen-bond acceptors (Lipinski definition) is 7. The highest BCUT2D eigenvalue weighted by Crippen LogP contribution is 2.50. The Morgan fingerprint density at radius 3 is 2.32 bits per heavy atom. The van der Waals surface area contributed by atoms with E-state index in [9.17, 15) is 14.4 Å². The molecule has 7 nitrogen and oxygen atoms in total. The summed E-state index contributed by atoms with van der Waals surface area (Å²) in [6.45, 7) is 1.68. The average Bonchev–Trinajstić information content (AvgIpc) is 2.95. The van der Waals surface area contributed by atoms with Gasteiger partial charge in [-0.3, -0.25) is 9.69 Å². The van der Waals surface area contributed by atoms with Crippen molar-refractivity contribution in [3.05, 3.63) is 55.8 Å². The molecule has 2 N–H and O–H groups in total. The van der Waals surface area contributed by atoms with Crippen LogP contribution in [0.4, 0.5) is 0 Å². The molecule has 3 rings (SSSR count). The van der Waals surface area contributed by atoms with Crippen LogP contribution in [-0.2, 0) is 23.9 Å². The maximum Gasteiger partial charge on any atom is 0.338 e. The van der Waals surface area contributed by atoms with Gasteiger partial charge in [0.1, 0.15) is 5.82 Å². The van der Waals surface area contributed by atoms with E-state index in [0.717, 1.165) is 16.7 Å². The molecule has 2 aliphatic rings. The van der Waals surface area contributed by atoms with Crippen LogP contribution in [0.15, 0.2) is 40.2 Å². The SMILES string of the molecule is COC(=O)C1=C(N)N2C(=O)[C@@H](C)SC2=C(C(=O)OC)[C@@H]1c1ccc(Cl)cc1Cl. The summed E-state index contributed by atoms with van der Waals surface area (Å²) in [6.07, 6.45) is 0. The van der Waals surface area contributed by atoms with Crippen molar-refractivity contribution in [1.82, 2.24) is 4.90 Å². The molecule has 1 fully saturated rings. The van der Waals surface area contributed by atoms with Crippen LogP contribution < -0.4 is 5.73 Å². The number of halogens is 2. The van der Waals surface area contributed by atoms with Crippen LogP contribution in [0.25, 0.3) is 0 Å². The Hall–Kier alpha value is -2.16. The summed E-state index contributed by atoms with van der Waals surface area (Å²) >= 11 is 13.5. The van der Waals surface area contributed by atoms with Crippen molar-refractivity contribution in [2.24, 2.45) is 5.73 Å². The second-order valence-corrected chi connectivity index (χ2v) is 8.21. The van der Waals surface area contributed by atoms with E-state index >= 15 is 0 Å². The van der Waals surface area contributed by atoms with Gasteiger partial charge in [0, 0.05) is 10.0 Å². The van der Waals surface area contributed by atoms with Crippen molar-refractivity contribution in [3.63, 3.8) is 0 Å². The van der Waals surface area contributed by atoms with Crippen molar-refractivity contribution >= 4 is 52.8 Å². The Bertz CT molecular complexity index is 959. The topological polar surface area (TPSA) is 98.9 Å². The van der Waals surface area contributed by atoms with Crippen molar-refractivity contribution in [2.75, 3.05) is 14.2 Å². The minimum atomic E-state index is -0.985. The van der Waals surface area contributed by atoms with E-state index in [-0.39, 0.29) is 27.9 Å². The smallest absolute Gasteiger partial charge is 0.338 e. The molecule has 0 bridgehead atoms. The first-order valence-corrected chi connectivity index (χ1v) is 9.72. The Balaban J connectivity index is 2.36. The van der Waals surface area contributed by atoms with Crippen molar-refractivity contribution in [2.45, 2.75) is 18.1 Å². The lowest BCUT2D eigenvalue weighted by atomic mass is 9.82. The first-order chi connectivity index (χ1) is 13.2. The fourth-order valence-electron chi connectivity index (χ4n) is 3.19. The normalized spacial score (nSPS) is 21.8. The first-order valence-electron chi connectivity index (χ1n) is 8.08. The summed E-state index contributed by atoms with van der Waals surface area (Å²) in [4.78, 5) is 39.1. The molecule has 1 saturated heterocycles. The standard InChI is InChI=1S/C18H16Cl2N2O5S/c1-7-15(23)22-14(21)12(17(24)26-2)11(9-5-4-8(19)6-10(9)20)13(16(22)28-7)18(25)27-3/h4-7,11H,21H2,1-3H3/t7-,11-/m1/s1. The van der Waals surface area contributed by atoms with Crippen LogP contribution in [0.1, 0.15) is 18.4 Å². The Morgan fingerprint density at radius 2 is 1.75 bits per heavy atom. The molecular formula is C18H16Cl2N2O5S. The third-order valence-electron chi connectivity index (χ3n) is 4.47. The zero-order valence-corrected chi connectivity index (χ0v) is 17.4. The molecule has 0 radical (unpaired) electrons. The maximum atomic E-state index is 12.7. The minimum absolute atomic E-state index is 0.0704. The Morgan fingerprint density at radius 1 is 1.14 bits per heavy atom. The summed E-state index contributed by atoms with van der Waals surface area (Å²) in [6, 6.07) is 4.66. The molecule has 0 saturated carbocycles. The number of amides is 1. The number of fused-ring (bicyclic) bond motifs is 1. The molecule has 2 aliphatic heterocycles. The second kappa shape index (κ2) is 7.69. The molecule has 0 unspecified atom stereocenters. The van der Waals surface area contributed by atoms with Crippen LogP contribution in [0.2, 0.25) is 10.0 Å². The highest BCUT2D eigenvalue weighted by molar-refractivity contribution is 8.04. The number of carbonyl (C=O) groups is 3. The molecule has 0 aromatic heterocycles. The van der Waals surface area contributed by atoms with Crippen LogP contribution in [-0.4, -0.2) is 42.2 Å². The van der Waals surface area contributed by atoms with Crippen LogP contribution >= 0.6 is 35.0 Å². The van der Waals surface area contributed by atoms with Gasteiger partial charge in [0.2, 0.25) is 5.91 Å². The summed E-state index contributed by atoms with van der Waals surface area (Å²) in [5, 5.41) is 0.427. The lowest BCUT2D eigenvalue weighted by Crippen LogP contribution is -2.40. The van der Waals surface area contributed by atoms with Crippen LogP contribution in [0.3, 0.4) is 0 Å². The van der Waals surface area contributed by atoms with Gasteiger partial charge in [-0.05, 0) is 24.6 Å². The van der Waals surface area contributed by atoms with Gasteiger partial charge in [0.05, 0.1) is 41.6 Å². The average molecular weight is 443 g/mol. The molecule has 1 aromatic carbocycles. The molecule has 0 aliphatic carbocycles. The zero-order chi connectivity index (χ0) is 20.7. The number of esters is 2. The van der Waals surface area contributed by atoms with Gasteiger partial charge in [-0.2, -0.15) is 0 Å². The fourth-order valence-corrected chi connectivity index (χ4v) is 4.88. The predicted molar refractivity (Wildman–Crippen MR) is 105 cm³/mol. The van der Waals surface area contributed by atoms with Crippen molar-refractivity contribution in [1.29, 1.82) is 0 Å². The monoisotopic (exact) mass is 442 g/mol. The quantitative estimate of drug-likeness (QED) is 0.718. The maximum absolute atomic E-state index is 12.7. The fraction of sp³-hybridized carbons (Fsp3) is 0.278. The lowest BCUT2D eigenvalue weighted by molar-refractivity contribution is -0.137. The minimum Gasteiger partial charge on any atom is -0.466 e. The largest absolute Gasteiger partial charge is 0.466 e. The van der Waals surface area contributed by atoms with E-state index in [1.54, 1.807) is 19.1 Å². The number of nitrogens with two attached hydrogens (primary N) is 1. The van der Waals surface area contributed by atoms with E-state index in [0.29, 0.717) is 15.6 Å². The number of thioether (sulfide) groups is 1. The molecule has 1 amide bonds. The summed E-state index contributed by atoms with van der Waals surface area (Å²) in [5.41, 5.74) is 6.65. The van der Waals surface area contributed by atoms with Crippen molar-refractivity contribution in [3.8, 4) is 0 Å². The number of nitrogens with zero attached hydrogens (tertiary/aromatic N) is 1. The number of carbonyl (C=O) groups excluding carboxylic acids is 3. The number of methoxy groups -OCH3 is 2. The van der Waals surface area contributed by atoms with E-state index < -0.39 is 23.1 Å². The number of hydrogen-bond donors (Lipinski definition) is 1. The number of rotatable bonds is 3.